The summed E-state index contributed by atoms with van der Waals surface area (Å²) in [4.78, 5) is 26.0. The van der Waals surface area contributed by atoms with Crippen molar-refractivity contribution in [2.45, 2.75) is 57.3 Å². The van der Waals surface area contributed by atoms with E-state index >= 15 is 0 Å². The Morgan fingerprint density at radius 1 is 1.16 bits per heavy atom. The van der Waals surface area contributed by atoms with Gasteiger partial charge in [0, 0.05) is 25.2 Å². The van der Waals surface area contributed by atoms with Gasteiger partial charge in [0.15, 0.2) is 0 Å². The molecule has 2 amide bonds. The molecule has 1 heterocycles. The number of rotatable bonds is 6. The molecule has 1 saturated heterocycles. The summed E-state index contributed by atoms with van der Waals surface area (Å²) < 4.78 is 5.23. The zero-order valence-corrected chi connectivity index (χ0v) is 14.7. The molecule has 1 atom stereocenters. The van der Waals surface area contributed by atoms with E-state index in [0.29, 0.717) is 0 Å². The molecule has 1 aliphatic heterocycles. The second-order valence-corrected chi connectivity index (χ2v) is 6.99. The fourth-order valence-corrected chi connectivity index (χ4v) is 3.44. The first-order chi connectivity index (χ1) is 12.1. The van der Waals surface area contributed by atoms with E-state index in [-0.39, 0.29) is 36.7 Å². The molecule has 0 bridgehead atoms. The van der Waals surface area contributed by atoms with Crippen molar-refractivity contribution in [1.29, 1.82) is 0 Å². The highest BCUT2D eigenvalue weighted by Gasteiger charge is 2.33. The van der Waals surface area contributed by atoms with Gasteiger partial charge in [-0.1, -0.05) is 30.3 Å². The van der Waals surface area contributed by atoms with Crippen LogP contribution in [0.5, 0.6) is 0 Å². The van der Waals surface area contributed by atoms with Crippen molar-refractivity contribution < 1.29 is 14.3 Å². The number of ether oxygens (including phenoxy) is 1. The van der Waals surface area contributed by atoms with Gasteiger partial charge in [-0.3, -0.25) is 4.79 Å². The number of likely N-dealkylation sites (tertiary alicyclic amines) is 1. The summed E-state index contributed by atoms with van der Waals surface area (Å²) in [6.45, 7) is 3.97. The average Bonchev–Trinajstić information content (AvgIpc) is 3.12. The van der Waals surface area contributed by atoms with Crippen molar-refractivity contribution in [3.63, 3.8) is 0 Å². The number of nitrogens with zero attached hydrogens (tertiary/aromatic N) is 1. The van der Waals surface area contributed by atoms with E-state index in [1.807, 2.05) is 42.2 Å². The minimum atomic E-state index is -0.381. The molecule has 1 aromatic carbocycles. The van der Waals surface area contributed by atoms with Gasteiger partial charge in [-0.05, 0) is 38.2 Å². The van der Waals surface area contributed by atoms with Crippen LogP contribution >= 0.6 is 0 Å². The van der Waals surface area contributed by atoms with Gasteiger partial charge >= 0.3 is 6.09 Å². The van der Waals surface area contributed by atoms with E-state index in [9.17, 15) is 9.59 Å². The Balaban J connectivity index is 1.31. The smallest absolute Gasteiger partial charge is 0.407 e. The molecular formula is C19H27N3O3. The summed E-state index contributed by atoms with van der Waals surface area (Å²) in [6.07, 6.45) is 3.50. The maximum absolute atomic E-state index is 12.3. The lowest BCUT2D eigenvalue weighted by atomic mass is 9.86. The molecule has 1 unspecified atom stereocenters. The maximum atomic E-state index is 12.3. The van der Waals surface area contributed by atoms with Crippen molar-refractivity contribution >= 4 is 12.0 Å². The molecule has 3 rings (SSSR count). The molecule has 6 nitrogen and oxygen atoms in total. The van der Waals surface area contributed by atoms with Gasteiger partial charge in [-0.25, -0.2) is 4.79 Å². The second-order valence-electron chi connectivity index (χ2n) is 6.99. The number of hydrogen-bond acceptors (Lipinski definition) is 4. The Hall–Kier alpha value is -2.08. The number of benzene rings is 1. The van der Waals surface area contributed by atoms with E-state index in [4.69, 9.17) is 4.74 Å². The Morgan fingerprint density at radius 3 is 2.52 bits per heavy atom. The molecule has 1 aliphatic carbocycles. The molecular weight excluding hydrogens is 318 g/mol. The molecule has 25 heavy (non-hydrogen) atoms. The fourth-order valence-electron chi connectivity index (χ4n) is 3.44. The van der Waals surface area contributed by atoms with E-state index in [1.54, 1.807) is 0 Å². The largest absolute Gasteiger partial charge is 0.445 e. The Morgan fingerprint density at radius 2 is 1.84 bits per heavy atom. The van der Waals surface area contributed by atoms with Crippen molar-refractivity contribution in [1.82, 2.24) is 15.5 Å². The fraction of sp³-hybridized carbons (Fsp3) is 0.579. The van der Waals surface area contributed by atoms with Crippen LogP contribution in [0.3, 0.4) is 0 Å². The zero-order chi connectivity index (χ0) is 17.6. The normalized spacial score (nSPS) is 23.6. The van der Waals surface area contributed by atoms with Gasteiger partial charge in [0.1, 0.15) is 6.61 Å². The molecule has 0 spiro atoms. The van der Waals surface area contributed by atoms with Gasteiger partial charge < -0.3 is 20.3 Å². The van der Waals surface area contributed by atoms with E-state index in [1.165, 1.54) is 0 Å². The van der Waals surface area contributed by atoms with Crippen molar-refractivity contribution in [2.75, 3.05) is 13.1 Å². The SMILES string of the molecule is CC(NC1CC(NC(=O)OCc2ccccc2)C1)C(=O)N1CCCC1. The van der Waals surface area contributed by atoms with E-state index in [0.717, 1.165) is 44.3 Å². The Bertz CT molecular complexity index is 581. The van der Waals surface area contributed by atoms with Crippen LogP contribution in [0.2, 0.25) is 0 Å². The number of nitrogens with one attached hydrogen (secondary N) is 2. The first-order valence-corrected chi connectivity index (χ1v) is 9.14. The number of alkyl carbamates (subject to hydrolysis) is 1. The summed E-state index contributed by atoms with van der Waals surface area (Å²) >= 11 is 0. The summed E-state index contributed by atoms with van der Waals surface area (Å²) in [5, 5.41) is 6.25. The monoisotopic (exact) mass is 345 g/mol. The van der Waals surface area contributed by atoms with Crippen LogP contribution in [0, 0.1) is 0 Å². The molecule has 1 saturated carbocycles. The molecule has 1 aromatic rings. The topological polar surface area (TPSA) is 70.7 Å². The molecule has 6 heteroatoms. The molecule has 0 aromatic heterocycles. The van der Waals surface area contributed by atoms with Crippen LogP contribution in [-0.2, 0) is 16.1 Å². The van der Waals surface area contributed by atoms with Crippen LogP contribution < -0.4 is 10.6 Å². The van der Waals surface area contributed by atoms with Crippen LogP contribution in [-0.4, -0.2) is 48.1 Å². The van der Waals surface area contributed by atoms with Crippen molar-refractivity contribution in [3.8, 4) is 0 Å². The highest BCUT2D eigenvalue weighted by atomic mass is 16.5. The minimum absolute atomic E-state index is 0.120. The molecule has 136 valence electrons. The standard InChI is InChI=1S/C19H27N3O3/c1-14(18(23)22-9-5-6-10-22)20-16-11-17(12-16)21-19(24)25-13-15-7-3-2-4-8-15/h2-4,7-8,14,16-17,20H,5-6,9-13H2,1H3,(H,21,24). The highest BCUT2D eigenvalue weighted by Crippen LogP contribution is 2.21. The molecule has 2 N–H and O–H groups in total. The number of hydrogen-bond donors (Lipinski definition) is 2. The van der Waals surface area contributed by atoms with Gasteiger partial charge in [0.25, 0.3) is 0 Å². The van der Waals surface area contributed by atoms with Gasteiger partial charge in [0.05, 0.1) is 6.04 Å². The number of carbonyl (C=O) groups is 2. The lowest BCUT2D eigenvalue weighted by Gasteiger charge is -2.38. The Kier molecular flexibility index (Phi) is 5.91. The van der Waals surface area contributed by atoms with Crippen LogP contribution in [0.25, 0.3) is 0 Å². The minimum Gasteiger partial charge on any atom is -0.445 e. The lowest BCUT2D eigenvalue weighted by molar-refractivity contribution is -0.132. The summed E-state index contributed by atoms with van der Waals surface area (Å²) in [6, 6.07) is 9.86. The summed E-state index contributed by atoms with van der Waals surface area (Å²) in [5.74, 6) is 0.191. The first-order valence-electron chi connectivity index (χ1n) is 9.14. The third kappa shape index (κ3) is 4.95. The number of carbonyl (C=O) groups excluding carboxylic acids is 2. The van der Waals surface area contributed by atoms with Crippen LogP contribution in [0.15, 0.2) is 30.3 Å². The third-order valence-electron chi connectivity index (χ3n) is 4.95. The summed E-state index contributed by atoms with van der Waals surface area (Å²) in [7, 11) is 0. The highest BCUT2D eigenvalue weighted by molar-refractivity contribution is 5.81. The lowest BCUT2D eigenvalue weighted by Crippen LogP contribution is -2.57. The Labute approximate surface area is 148 Å². The van der Waals surface area contributed by atoms with E-state index in [2.05, 4.69) is 10.6 Å². The molecule has 0 radical (unpaired) electrons. The molecule has 2 aliphatic rings. The van der Waals surface area contributed by atoms with Crippen molar-refractivity contribution in [2.24, 2.45) is 0 Å². The quantitative estimate of drug-likeness (QED) is 0.828. The van der Waals surface area contributed by atoms with Crippen LogP contribution in [0.4, 0.5) is 4.79 Å². The van der Waals surface area contributed by atoms with Crippen molar-refractivity contribution in [3.05, 3.63) is 35.9 Å². The van der Waals surface area contributed by atoms with Gasteiger partial charge in [-0.15, -0.1) is 0 Å². The third-order valence-corrected chi connectivity index (χ3v) is 4.95. The average molecular weight is 345 g/mol. The molecule has 2 fully saturated rings. The van der Waals surface area contributed by atoms with Gasteiger partial charge in [0.2, 0.25) is 5.91 Å². The van der Waals surface area contributed by atoms with Crippen LogP contribution in [0.1, 0.15) is 38.2 Å². The predicted octanol–water partition coefficient (Wildman–Crippen LogP) is 2.04. The van der Waals surface area contributed by atoms with Gasteiger partial charge in [-0.2, -0.15) is 0 Å². The van der Waals surface area contributed by atoms with E-state index < -0.39 is 0 Å². The first kappa shape index (κ1) is 17.7. The maximum Gasteiger partial charge on any atom is 0.407 e. The summed E-state index contributed by atoms with van der Waals surface area (Å²) in [5.41, 5.74) is 0.972. The zero-order valence-electron chi connectivity index (χ0n) is 14.7. The second kappa shape index (κ2) is 8.34. The number of amides is 2. The predicted molar refractivity (Wildman–Crippen MR) is 95.0 cm³/mol.